The van der Waals surface area contributed by atoms with Crippen LogP contribution in [0.5, 0.6) is 0 Å². The van der Waals surface area contributed by atoms with Crippen molar-refractivity contribution in [2.75, 3.05) is 18.0 Å². The van der Waals surface area contributed by atoms with Crippen molar-refractivity contribution in [2.45, 2.75) is 32.9 Å². The maximum Gasteiger partial charge on any atom is 0.318 e. The Kier molecular flexibility index (Phi) is 6.46. The molecular weight excluding hydrogens is 426 g/mol. The SMILES string of the molecule is CCCNC(=O)N1Cc2ccccc2N(C(=O)c2ccc(-n3cccn3)cc2Cl)C[C@H]1C. The molecule has 0 bridgehead atoms. The molecule has 4 rings (SSSR count). The molecule has 0 saturated heterocycles. The molecule has 1 atom stereocenters. The second-order valence-corrected chi connectivity index (χ2v) is 8.28. The highest BCUT2D eigenvalue weighted by Crippen LogP contribution is 2.30. The Morgan fingerprint density at radius 2 is 2.00 bits per heavy atom. The number of nitrogens with zero attached hydrogens (tertiary/aromatic N) is 4. The van der Waals surface area contributed by atoms with E-state index in [1.54, 1.807) is 32.8 Å². The van der Waals surface area contributed by atoms with E-state index >= 15 is 0 Å². The van der Waals surface area contributed by atoms with E-state index in [-0.39, 0.29) is 18.0 Å². The van der Waals surface area contributed by atoms with Gasteiger partial charge in [0.15, 0.2) is 0 Å². The molecule has 7 nitrogen and oxygen atoms in total. The Bertz CT molecular complexity index is 1120. The third-order valence-corrected chi connectivity index (χ3v) is 5.90. The number of hydrogen-bond donors (Lipinski definition) is 1. The molecule has 1 aliphatic rings. The maximum absolute atomic E-state index is 13.6. The Labute approximate surface area is 192 Å². The van der Waals surface area contributed by atoms with Crippen LogP contribution in [0.1, 0.15) is 36.2 Å². The number of hydrogen-bond acceptors (Lipinski definition) is 3. The van der Waals surface area contributed by atoms with Crippen molar-refractivity contribution in [3.05, 3.63) is 77.1 Å². The standard InChI is InChI=1S/C24H26ClN5O2/c1-3-11-26-24(32)28-16-18-7-4-5-8-22(18)29(15-17(28)2)23(31)20-10-9-19(14-21(20)25)30-13-6-12-27-30/h4-10,12-14,17H,3,11,15-16H2,1-2H3,(H,26,32)/t17-/m1/s1. The highest BCUT2D eigenvalue weighted by atomic mass is 35.5. The van der Waals surface area contributed by atoms with Crippen LogP contribution in [0.15, 0.2) is 60.9 Å². The normalized spacial score (nSPS) is 15.8. The van der Waals surface area contributed by atoms with Crippen LogP contribution >= 0.6 is 11.6 Å². The minimum atomic E-state index is -0.197. The Morgan fingerprint density at radius 1 is 1.19 bits per heavy atom. The van der Waals surface area contributed by atoms with Crippen LogP contribution < -0.4 is 10.2 Å². The Hall–Kier alpha value is -3.32. The van der Waals surface area contributed by atoms with Crippen molar-refractivity contribution < 1.29 is 9.59 Å². The number of para-hydroxylation sites is 1. The molecule has 1 N–H and O–H groups in total. The van der Waals surface area contributed by atoms with E-state index in [0.717, 1.165) is 23.4 Å². The van der Waals surface area contributed by atoms with Crippen LogP contribution in [-0.4, -0.2) is 45.8 Å². The molecule has 2 aromatic carbocycles. The molecule has 0 aliphatic carbocycles. The van der Waals surface area contributed by atoms with E-state index < -0.39 is 0 Å². The summed E-state index contributed by atoms with van der Waals surface area (Å²) < 4.78 is 1.69. The highest BCUT2D eigenvalue weighted by molar-refractivity contribution is 6.34. The van der Waals surface area contributed by atoms with Gasteiger partial charge in [-0.05, 0) is 49.2 Å². The zero-order chi connectivity index (χ0) is 22.7. The van der Waals surface area contributed by atoms with Gasteiger partial charge in [0, 0.05) is 43.8 Å². The number of fused-ring (bicyclic) bond motifs is 1. The van der Waals surface area contributed by atoms with Gasteiger partial charge in [-0.3, -0.25) is 4.79 Å². The van der Waals surface area contributed by atoms with Crippen molar-refractivity contribution in [1.29, 1.82) is 0 Å². The molecule has 1 aromatic heterocycles. The Balaban J connectivity index is 1.66. The van der Waals surface area contributed by atoms with Gasteiger partial charge >= 0.3 is 6.03 Å². The number of amides is 3. The first-order valence-corrected chi connectivity index (χ1v) is 11.1. The fourth-order valence-corrected chi connectivity index (χ4v) is 4.15. The predicted molar refractivity (Wildman–Crippen MR) is 125 cm³/mol. The lowest BCUT2D eigenvalue weighted by molar-refractivity contribution is 0.0980. The minimum absolute atomic E-state index is 0.120. The van der Waals surface area contributed by atoms with Gasteiger partial charge in [0.25, 0.3) is 5.91 Å². The van der Waals surface area contributed by atoms with Crippen LogP contribution in [0.3, 0.4) is 0 Å². The summed E-state index contributed by atoms with van der Waals surface area (Å²) in [5, 5.41) is 7.52. The number of rotatable bonds is 4. The van der Waals surface area contributed by atoms with Gasteiger partial charge in [-0.25, -0.2) is 9.48 Å². The number of nitrogens with one attached hydrogen (secondary N) is 1. The average molecular weight is 452 g/mol. The molecule has 3 amide bonds. The highest BCUT2D eigenvalue weighted by Gasteiger charge is 2.32. The largest absolute Gasteiger partial charge is 0.338 e. The van der Waals surface area contributed by atoms with E-state index in [4.69, 9.17) is 11.6 Å². The summed E-state index contributed by atoms with van der Waals surface area (Å²) in [6.07, 6.45) is 4.37. The van der Waals surface area contributed by atoms with Gasteiger partial charge in [-0.15, -0.1) is 0 Å². The summed E-state index contributed by atoms with van der Waals surface area (Å²) >= 11 is 6.54. The summed E-state index contributed by atoms with van der Waals surface area (Å²) in [5.41, 5.74) is 2.90. The summed E-state index contributed by atoms with van der Waals surface area (Å²) in [7, 11) is 0. The quantitative estimate of drug-likeness (QED) is 0.635. The van der Waals surface area contributed by atoms with Crippen LogP contribution in [-0.2, 0) is 6.54 Å². The zero-order valence-electron chi connectivity index (χ0n) is 18.2. The van der Waals surface area contributed by atoms with Gasteiger partial charge in [-0.1, -0.05) is 36.7 Å². The van der Waals surface area contributed by atoms with E-state index in [0.29, 0.717) is 30.2 Å². The molecule has 0 fully saturated rings. The number of anilines is 1. The van der Waals surface area contributed by atoms with Crippen LogP contribution in [0.25, 0.3) is 5.69 Å². The minimum Gasteiger partial charge on any atom is -0.338 e. The molecule has 1 aliphatic heterocycles. The van der Waals surface area contributed by atoms with Crippen LogP contribution in [0.4, 0.5) is 10.5 Å². The monoisotopic (exact) mass is 451 g/mol. The molecule has 32 heavy (non-hydrogen) atoms. The molecule has 3 aromatic rings. The lowest BCUT2D eigenvalue weighted by atomic mass is 10.1. The maximum atomic E-state index is 13.6. The number of aromatic nitrogens is 2. The third kappa shape index (κ3) is 4.34. The molecule has 0 unspecified atom stereocenters. The molecule has 2 heterocycles. The van der Waals surface area contributed by atoms with Crippen molar-refractivity contribution in [3.63, 3.8) is 0 Å². The fraction of sp³-hybridized carbons (Fsp3) is 0.292. The topological polar surface area (TPSA) is 70.5 Å². The first-order valence-electron chi connectivity index (χ1n) is 10.7. The second kappa shape index (κ2) is 9.44. The summed E-state index contributed by atoms with van der Waals surface area (Å²) in [6, 6.07) is 14.5. The van der Waals surface area contributed by atoms with E-state index in [1.165, 1.54) is 0 Å². The number of halogens is 1. The van der Waals surface area contributed by atoms with Crippen molar-refractivity contribution in [2.24, 2.45) is 0 Å². The summed E-state index contributed by atoms with van der Waals surface area (Å²) in [4.78, 5) is 29.9. The molecule has 166 valence electrons. The Morgan fingerprint density at radius 3 is 2.72 bits per heavy atom. The number of urea groups is 1. The molecule has 0 radical (unpaired) electrons. The lowest BCUT2D eigenvalue weighted by Crippen LogP contribution is -2.48. The van der Waals surface area contributed by atoms with Gasteiger partial charge in [-0.2, -0.15) is 5.10 Å². The first kappa shape index (κ1) is 21.9. The van der Waals surface area contributed by atoms with Crippen LogP contribution in [0, 0.1) is 0 Å². The number of carbonyl (C=O) groups excluding carboxylic acids is 2. The summed E-state index contributed by atoms with van der Waals surface area (Å²) in [5.74, 6) is -0.197. The van der Waals surface area contributed by atoms with E-state index in [2.05, 4.69) is 10.4 Å². The van der Waals surface area contributed by atoms with Gasteiger partial charge in [0.05, 0.1) is 16.3 Å². The zero-order valence-corrected chi connectivity index (χ0v) is 18.9. The second-order valence-electron chi connectivity index (χ2n) is 7.87. The third-order valence-electron chi connectivity index (χ3n) is 5.59. The van der Waals surface area contributed by atoms with Crippen molar-refractivity contribution in [1.82, 2.24) is 20.0 Å². The van der Waals surface area contributed by atoms with Crippen molar-refractivity contribution in [3.8, 4) is 5.69 Å². The lowest BCUT2D eigenvalue weighted by Gasteiger charge is -2.29. The van der Waals surface area contributed by atoms with E-state index in [9.17, 15) is 9.59 Å². The molecule has 0 spiro atoms. The smallest absolute Gasteiger partial charge is 0.318 e. The fourth-order valence-electron chi connectivity index (χ4n) is 3.89. The van der Waals surface area contributed by atoms with Gasteiger partial charge in [0.2, 0.25) is 0 Å². The number of carbonyl (C=O) groups is 2. The molecular formula is C24H26ClN5O2. The summed E-state index contributed by atoms with van der Waals surface area (Å²) in [6.45, 7) is 5.39. The molecule has 0 saturated carbocycles. The average Bonchev–Trinajstić information content (AvgIpc) is 3.29. The number of benzene rings is 2. The van der Waals surface area contributed by atoms with Gasteiger partial charge in [0.1, 0.15) is 0 Å². The predicted octanol–water partition coefficient (Wildman–Crippen LogP) is 4.50. The van der Waals surface area contributed by atoms with E-state index in [1.807, 2.05) is 56.4 Å². The first-order chi connectivity index (χ1) is 15.5. The van der Waals surface area contributed by atoms with Crippen molar-refractivity contribution >= 4 is 29.2 Å². The van der Waals surface area contributed by atoms with Crippen LogP contribution in [0.2, 0.25) is 5.02 Å². The molecule has 8 heteroatoms. The van der Waals surface area contributed by atoms with Gasteiger partial charge < -0.3 is 15.1 Å².